The van der Waals surface area contributed by atoms with Crippen molar-refractivity contribution in [1.82, 2.24) is 0 Å². The van der Waals surface area contributed by atoms with Crippen molar-refractivity contribution in [3.8, 4) is 0 Å². The number of amides is 1. The molecule has 0 fully saturated rings. The van der Waals surface area contributed by atoms with E-state index in [1.54, 1.807) is 19.1 Å². The molecule has 0 saturated heterocycles. The monoisotopic (exact) mass is 375 g/mol. The number of carbonyl (C=O) groups is 2. The summed E-state index contributed by atoms with van der Waals surface area (Å²) >= 11 is 1.47. The van der Waals surface area contributed by atoms with Gasteiger partial charge in [-0.1, -0.05) is 19.1 Å². The molecule has 1 aromatic carbocycles. The smallest absolute Gasteiger partial charge is 0.341 e. The highest BCUT2D eigenvalue weighted by Crippen LogP contribution is 2.40. The third-order valence-corrected chi connectivity index (χ3v) is 5.69. The number of carbonyl (C=O) groups excluding carboxylic acids is 2. The summed E-state index contributed by atoms with van der Waals surface area (Å²) in [4.78, 5) is 26.0. The molecule has 1 aliphatic carbocycles. The second kappa shape index (κ2) is 7.99. The molecule has 0 unspecified atom stereocenters. The summed E-state index contributed by atoms with van der Waals surface area (Å²) in [7, 11) is 0. The van der Waals surface area contributed by atoms with Crippen LogP contribution in [-0.2, 0) is 28.8 Å². The Morgan fingerprint density at radius 2 is 2.04 bits per heavy atom. The molecule has 1 atom stereocenters. The van der Waals surface area contributed by atoms with E-state index in [1.807, 2.05) is 0 Å². The minimum absolute atomic E-state index is 0.127. The van der Waals surface area contributed by atoms with Gasteiger partial charge < -0.3 is 10.1 Å². The van der Waals surface area contributed by atoms with Gasteiger partial charge in [0.15, 0.2) is 0 Å². The van der Waals surface area contributed by atoms with Crippen molar-refractivity contribution in [2.75, 3.05) is 11.9 Å². The first-order valence-electron chi connectivity index (χ1n) is 8.83. The molecule has 26 heavy (non-hydrogen) atoms. The summed E-state index contributed by atoms with van der Waals surface area (Å²) < 4.78 is 18.2. The fourth-order valence-corrected chi connectivity index (χ4v) is 4.63. The predicted molar refractivity (Wildman–Crippen MR) is 100 cm³/mol. The first kappa shape index (κ1) is 18.6. The molecule has 138 valence electrons. The number of halogens is 1. The summed E-state index contributed by atoms with van der Waals surface area (Å²) in [5, 5.41) is 3.43. The van der Waals surface area contributed by atoms with E-state index in [1.165, 1.54) is 23.5 Å². The molecule has 4 nitrogen and oxygen atoms in total. The Morgan fingerprint density at radius 3 is 2.73 bits per heavy atom. The molecule has 3 rings (SSSR count). The lowest BCUT2D eigenvalue weighted by Gasteiger charge is -2.18. The molecular weight excluding hydrogens is 353 g/mol. The fourth-order valence-electron chi connectivity index (χ4n) is 3.22. The number of fused-ring (bicyclic) bond motifs is 1. The van der Waals surface area contributed by atoms with E-state index in [-0.39, 0.29) is 24.1 Å². The van der Waals surface area contributed by atoms with Gasteiger partial charge in [-0.2, -0.15) is 0 Å². The maximum Gasteiger partial charge on any atom is 0.341 e. The fraction of sp³-hybridized carbons (Fsp3) is 0.400. The average Bonchev–Trinajstić information content (AvgIpc) is 2.93. The maximum absolute atomic E-state index is 13.0. The van der Waals surface area contributed by atoms with Crippen molar-refractivity contribution >= 4 is 28.2 Å². The number of nitrogens with one attached hydrogen (secondary N) is 1. The van der Waals surface area contributed by atoms with Gasteiger partial charge in [0, 0.05) is 4.88 Å². The molecule has 0 bridgehead atoms. The van der Waals surface area contributed by atoms with E-state index >= 15 is 0 Å². The molecule has 1 heterocycles. The van der Waals surface area contributed by atoms with Crippen LogP contribution in [0.5, 0.6) is 0 Å². The highest BCUT2D eigenvalue weighted by atomic mass is 32.1. The second-order valence-electron chi connectivity index (χ2n) is 6.63. The first-order valence-corrected chi connectivity index (χ1v) is 9.65. The van der Waals surface area contributed by atoms with E-state index in [4.69, 9.17) is 4.74 Å². The van der Waals surface area contributed by atoms with Gasteiger partial charge in [0.25, 0.3) is 0 Å². The Morgan fingerprint density at radius 1 is 1.31 bits per heavy atom. The van der Waals surface area contributed by atoms with Gasteiger partial charge in [0.1, 0.15) is 10.8 Å². The van der Waals surface area contributed by atoms with Crippen LogP contribution in [0, 0.1) is 11.7 Å². The van der Waals surface area contributed by atoms with E-state index in [0.717, 1.165) is 35.3 Å². The van der Waals surface area contributed by atoms with E-state index < -0.39 is 0 Å². The number of rotatable bonds is 5. The van der Waals surface area contributed by atoms with E-state index in [2.05, 4.69) is 12.2 Å². The molecule has 1 N–H and O–H groups in total. The van der Waals surface area contributed by atoms with Crippen molar-refractivity contribution in [3.63, 3.8) is 0 Å². The van der Waals surface area contributed by atoms with E-state index in [9.17, 15) is 14.0 Å². The third-order valence-electron chi connectivity index (χ3n) is 4.52. The van der Waals surface area contributed by atoms with Gasteiger partial charge >= 0.3 is 5.97 Å². The van der Waals surface area contributed by atoms with Gasteiger partial charge in [-0.05, 0) is 55.4 Å². The molecule has 0 saturated carbocycles. The summed E-state index contributed by atoms with van der Waals surface area (Å²) in [6.45, 7) is 4.26. The Labute approximate surface area is 156 Å². The zero-order chi connectivity index (χ0) is 18.7. The first-order chi connectivity index (χ1) is 12.5. The number of benzene rings is 1. The highest BCUT2D eigenvalue weighted by Gasteiger charge is 2.29. The SMILES string of the molecule is CCOC(=O)c1c(NC(=O)Cc2ccc(F)cc2)sc2c1CC[C@@H](C)C2. The lowest BCUT2D eigenvalue weighted by molar-refractivity contribution is -0.115. The standard InChI is InChI=1S/C20H22FNO3S/c1-3-25-20(24)18-15-9-4-12(2)10-16(15)26-19(18)22-17(23)11-13-5-7-14(21)8-6-13/h5-8,12H,3-4,9-11H2,1-2H3,(H,22,23)/t12-/m1/s1. The Balaban J connectivity index is 1.82. The normalized spacial score (nSPS) is 16.0. The molecule has 1 amide bonds. The van der Waals surface area contributed by atoms with Gasteiger partial charge in [-0.3, -0.25) is 4.79 Å². The second-order valence-corrected chi connectivity index (χ2v) is 7.73. The van der Waals surface area contributed by atoms with Gasteiger partial charge in [-0.15, -0.1) is 11.3 Å². The Kier molecular flexibility index (Phi) is 5.71. The largest absolute Gasteiger partial charge is 0.462 e. The lowest BCUT2D eigenvalue weighted by atomic mass is 9.88. The van der Waals surface area contributed by atoms with Gasteiger partial charge in [0.2, 0.25) is 5.91 Å². The zero-order valence-electron chi connectivity index (χ0n) is 14.9. The average molecular weight is 375 g/mol. The number of hydrogen-bond acceptors (Lipinski definition) is 4. The van der Waals surface area contributed by atoms with Crippen LogP contribution in [-0.4, -0.2) is 18.5 Å². The van der Waals surface area contributed by atoms with Crippen LogP contribution in [0.2, 0.25) is 0 Å². The third kappa shape index (κ3) is 4.12. The van der Waals surface area contributed by atoms with Crippen LogP contribution < -0.4 is 5.32 Å². The number of thiophene rings is 1. The summed E-state index contributed by atoms with van der Waals surface area (Å²) in [5.74, 6) is -0.372. The lowest BCUT2D eigenvalue weighted by Crippen LogP contribution is -2.17. The Bertz CT molecular complexity index is 813. The maximum atomic E-state index is 13.0. The van der Waals surface area contributed by atoms with Crippen LogP contribution in [0.3, 0.4) is 0 Å². The highest BCUT2D eigenvalue weighted by molar-refractivity contribution is 7.17. The molecule has 0 aliphatic heterocycles. The molecule has 0 radical (unpaired) electrons. The quantitative estimate of drug-likeness (QED) is 0.790. The van der Waals surface area contributed by atoms with Crippen molar-refractivity contribution in [1.29, 1.82) is 0 Å². The molecule has 1 aliphatic rings. The number of hydrogen-bond donors (Lipinski definition) is 1. The summed E-state index contributed by atoms with van der Waals surface area (Å²) in [6.07, 6.45) is 2.90. The van der Waals surface area contributed by atoms with Crippen LogP contribution in [0.25, 0.3) is 0 Å². The molecule has 1 aromatic heterocycles. The zero-order valence-corrected chi connectivity index (χ0v) is 15.7. The van der Waals surface area contributed by atoms with Crippen LogP contribution in [0.15, 0.2) is 24.3 Å². The van der Waals surface area contributed by atoms with Crippen molar-refractivity contribution in [3.05, 3.63) is 51.7 Å². The van der Waals surface area contributed by atoms with Crippen molar-refractivity contribution in [2.24, 2.45) is 5.92 Å². The minimum Gasteiger partial charge on any atom is -0.462 e. The molecular formula is C20H22FNO3S. The van der Waals surface area contributed by atoms with Crippen molar-refractivity contribution < 1.29 is 18.7 Å². The molecule has 6 heteroatoms. The number of esters is 1. The topological polar surface area (TPSA) is 55.4 Å². The van der Waals surface area contributed by atoms with Crippen molar-refractivity contribution in [2.45, 2.75) is 39.5 Å². The van der Waals surface area contributed by atoms with Crippen LogP contribution in [0.1, 0.15) is 46.6 Å². The number of ether oxygens (including phenoxy) is 1. The summed E-state index contributed by atoms with van der Waals surface area (Å²) in [5.41, 5.74) is 2.24. The minimum atomic E-state index is -0.378. The predicted octanol–water partition coefficient (Wildman–Crippen LogP) is 4.37. The molecule has 0 spiro atoms. The van der Waals surface area contributed by atoms with Gasteiger partial charge in [-0.25, -0.2) is 9.18 Å². The Hall–Kier alpha value is -2.21. The van der Waals surface area contributed by atoms with E-state index in [0.29, 0.717) is 23.1 Å². The van der Waals surface area contributed by atoms with Crippen LogP contribution >= 0.6 is 11.3 Å². The number of anilines is 1. The molecule has 2 aromatic rings. The van der Waals surface area contributed by atoms with Gasteiger partial charge in [0.05, 0.1) is 18.6 Å². The summed E-state index contributed by atoms with van der Waals surface area (Å²) in [6, 6.07) is 5.83. The van der Waals surface area contributed by atoms with Crippen LogP contribution in [0.4, 0.5) is 9.39 Å².